The van der Waals surface area contributed by atoms with Gasteiger partial charge in [0, 0.05) is 33.4 Å². The first-order valence-corrected chi connectivity index (χ1v) is 23.2. The van der Waals surface area contributed by atoms with E-state index in [1.807, 2.05) is 18.2 Å². The molecule has 4 heteroatoms. The SMILES string of the molecule is C1=C(c2ccc(C3(c4ccc(-c5cc(-c6ccc(-c7ccccc7)cc6)nc(-c6ccccc6)n5)cc4)CCCCC3)cc2)NC(c2ccccc2)=NC1c1ccc(-c2ccccc2)cc1. The van der Waals surface area contributed by atoms with Crippen LogP contribution in [-0.2, 0) is 5.41 Å². The van der Waals surface area contributed by atoms with Gasteiger partial charge >= 0.3 is 0 Å². The van der Waals surface area contributed by atoms with Gasteiger partial charge in [-0.15, -0.1) is 0 Å². The lowest BCUT2D eigenvalue weighted by Crippen LogP contribution is -2.30. The smallest absolute Gasteiger partial charge is 0.160 e. The van der Waals surface area contributed by atoms with Crippen LogP contribution in [0.1, 0.15) is 66.0 Å². The molecule has 1 fully saturated rings. The van der Waals surface area contributed by atoms with E-state index in [4.69, 9.17) is 15.0 Å². The average molecular weight is 851 g/mol. The number of nitrogens with zero attached hydrogens (tertiary/aromatic N) is 3. The highest BCUT2D eigenvalue weighted by Crippen LogP contribution is 2.46. The fraction of sp³-hybridized carbons (Fsp3) is 0.113. The Labute approximate surface area is 388 Å². The van der Waals surface area contributed by atoms with E-state index in [1.165, 1.54) is 52.6 Å². The fourth-order valence-electron chi connectivity index (χ4n) is 9.87. The van der Waals surface area contributed by atoms with Gasteiger partial charge in [-0.2, -0.15) is 0 Å². The van der Waals surface area contributed by atoms with E-state index in [0.29, 0.717) is 0 Å². The van der Waals surface area contributed by atoms with Crippen molar-refractivity contribution in [3.8, 4) is 56.2 Å². The minimum absolute atomic E-state index is 0.0735. The predicted octanol–water partition coefficient (Wildman–Crippen LogP) is 15.2. The van der Waals surface area contributed by atoms with Gasteiger partial charge in [-0.3, -0.25) is 4.99 Å². The van der Waals surface area contributed by atoms with Crippen LogP contribution in [0.2, 0.25) is 0 Å². The van der Waals surface area contributed by atoms with Gasteiger partial charge < -0.3 is 5.32 Å². The Morgan fingerprint density at radius 3 is 1.30 bits per heavy atom. The second-order valence-corrected chi connectivity index (χ2v) is 17.6. The first-order valence-electron chi connectivity index (χ1n) is 23.2. The molecular weight excluding hydrogens is 801 g/mol. The van der Waals surface area contributed by atoms with Gasteiger partial charge in [0.2, 0.25) is 0 Å². The summed E-state index contributed by atoms with van der Waals surface area (Å²) in [5.74, 6) is 1.60. The molecule has 1 aromatic heterocycles. The molecule has 11 rings (SSSR count). The first kappa shape index (κ1) is 40.8. The Morgan fingerprint density at radius 1 is 0.379 bits per heavy atom. The molecule has 1 saturated carbocycles. The van der Waals surface area contributed by atoms with Crippen LogP contribution in [0.3, 0.4) is 0 Å². The minimum atomic E-state index is -0.126. The molecule has 1 aliphatic carbocycles. The normalized spacial score (nSPS) is 15.5. The number of aromatic nitrogens is 2. The van der Waals surface area contributed by atoms with Gasteiger partial charge in [0.05, 0.1) is 17.4 Å². The summed E-state index contributed by atoms with van der Waals surface area (Å²) in [6.07, 6.45) is 8.19. The molecule has 1 aliphatic heterocycles. The summed E-state index contributed by atoms with van der Waals surface area (Å²) >= 11 is 0. The number of hydrogen-bond donors (Lipinski definition) is 1. The van der Waals surface area contributed by atoms with Crippen molar-refractivity contribution >= 4 is 11.5 Å². The highest BCUT2D eigenvalue weighted by Gasteiger charge is 2.36. The van der Waals surface area contributed by atoms with Crippen molar-refractivity contribution in [1.82, 2.24) is 15.3 Å². The van der Waals surface area contributed by atoms with Crippen LogP contribution < -0.4 is 5.32 Å². The lowest BCUT2D eigenvalue weighted by Gasteiger charge is -2.39. The van der Waals surface area contributed by atoms with Crippen molar-refractivity contribution in [3.05, 3.63) is 258 Å². The van der Waals surface area contributed by atoms with E-state index < -0.39 is 0 Å². The summed E-state index contributed by atoms with van der Waals surface area (Å²) in [7, 11) is 0. The van der Waals surface area contributed by atoms with Crippen LogP contribution in [0, 0.1) is 0 Å². The monoisotopic (exact) mass is 850 g/mol. The third-order valence-corrected chi connectivity index (χ3v) is 13.5. The van der Waals surface area contributed by atoms with Gasteiger partial charge in [0.1, 0.15) is 5.84 Å². The number of nitrogens with one attached hydrogen (secondary N) is 1. The van der Waals surface area contributed by atoms with Crippen molar-refractivity contribution in [2.45, 2.75) is 43.6 Å². The number of hydrogen-bond acceptors (Lipinski definition) is 4. The number of aliphatic imine (C=N–C) groups is 1. The molecule has 0 bridgehead atoms. The number of amidine groups is 1. The summed E-state index contributed by atoms with van der Waals surface area (Å²) in [6.45, 7) is 0. The predicted molar refractivity (Wildman–Crippen MR) is 273 cm³/mol. The Morgan fingerprint density at radius 2 is 0.788 bits per heavy atom. The lowest BCUT2D eigenvalue weighted by atomic mass is 9.65. The van der Waals surface area contributed by atoms with Crippen molar-refractivity contribution in [3.63, 3.8) is 0 Å². The lowest BCUT2D eigenvalue weighted by molar-refractivity contribution is 0.346. The molecule has 1 N–H and O–H groups in total. The Hall–Kier alpha value is -7.95. The van der Waals surface area contributed by atoms with Gasteiger partial charge in [0.15, 0.2) is 5.82 Å². The van der Waals surface area contributed by atoms with Crippen molar-refractivity contribution in [1.29, 1.82) is 0 Å². The van der Waals surface area contributed by atoms with Gasteiger partial charge in [-0.1, -0.05) is 238 Å². The van der Waals surface area contributed by atoms with E-state index in [2.05, 4.69) is 218 Å². The second kappa shape index (κ2) is 18.3. The molecular formula is C62H50N4. The largest absolute Gasteiger partial charge is 0.340 e. The minimum Gasteiger partial charge on any atom is -0.340 e. The third-order valence-electron chi connectivity index (χ3n) is 13.5. The summed E-state index contributed by atoms with van der Waals surface area (Å²) in [4.78, 5) is 15.5. The van der Waals surface area contributed by atoms with E-state index >= 15 is 0 Å². The number of rotatable bonds is 10. The van der Waals surface area contributed by atoms with Gasteiger partial charge in [-0.25, -0.2) is 9.97 Å². The van der Waals surface area contributed by atoms with Crippen LogP contribution in [-0.4, -0.2) is 15.8 Å². The summed E-state index contributed by atoms with van der Waals surface area (Å²) < 4.78 is 0. The zero-order valence-electron chi connectivity index (χ0n) is 36.9. The fourth-order valence-corrected chi connectivity index (χ4v) is 9.87. The standard InChI is InChI=1S/C62H50N4/c1-6-16-44(17-7-1)46-24-28-48(29-25-46)56-42-58(65-60(63-56)52-20-10-3-11-21-52)50-32-36-54(37-33-50)62(40-14-5-15-41-62)55-38-34-51(35-39-55)59-43-57(64-61(66-59)53-22-12-4-13-23-53)49-30-26-47(27-31-49)45-18-8-2-9-19-45/h1-4,6-13,16-39,42-43,56H,5,14-15,40-41H2,(H,63,65). The maximum Gasteiger partial charge on any atom is 0.160 e. The molecule has 0 radical (unpaired) electrons. The van der Waals surface area contributed by atoms with E-state index in [-0.39, 0.29) is 11.5 Å². The molecule has 9 aromatic rings. The molecule has 4 nitrogen and oxygen atoms in total. The highest BCUT2D eigenvalue weighted by molar-refractivity contribution is 6.04. The van der Waals surface area contributed by atoms with E-state index in [9.17, 15) is 0 Å². The first-order chi connectivity index (χ1) is 32.6. The molecule has 1 unspecified atom stereocenters. The Bertz CT molecular complexity index is 3120. The third kappa shape index (κ3) is 8.42. The van der Waals surface area contributed by atoms with Crippen molar-refractivity contribution < 1.29 is 0 Å². The van der Waals surface area contributed by atoms with E-state index in [0.717, 1.165) is 75.0 Å². The zero-order valence-corrected chi connectivity index (χ0v) is 36.9. The Balaban J connectivity index is 0.901. The molecule has 2 heterocycles. The van der Waals surface area contributed by atoms with Crippen LogP contribution in [0.15, 0.2) is 236 Å². The molecule has 2 aliphatic rings. The molecule has 318 valence electrons. The topological polar surface area (TPSA) is 50.2 Å². The maximum atomic E-state index is 5.25. The Kier molecular flexibility index (Phi) is 11.3. The quantitative estimate of drug-likeness (QED) is 0.149. The molecule has 0 amide bonds. The summed E-state index contributed by atoms with van der Waals surface area (Å²) in [5, 5.41) is 3.72. The van der Waals surface area contributed by atoms with Crippen LogP contribution >= 0.6 is 0 Å². The van der Waals surface area contributed by atoms with Crippen molar-refractivity contribution in [2.24, 2.45) is 4.99 Å². The highest BCUT2D eigenvalue weighted by atomic mass is 15.0. The molecule has 1 atom stereocenters. The van der Waals surface area contributed by atoms with Crippen LogP contribution in [0.4, 0.5) is 0 Å². The summed E-state index contributed by atoms with van der Waals surface area (Å²) in [6, 6.07) is 80.0. The van der Waals surface area contributed by atoms with Crippen molar-refractivity contribution in [2.75, 3.05) is 0 Å². The average Bonchev–Trinajstić information content (AvgIpc) is 3.42. The zero-order chi connectivity index (χ0) is 44.1. The molecule has 0 spiro atoms. The summed E-state index contributed by atoms with van der Waals surface area (Å²) in [5.41, 5.74) is 16.9. The number of benzene rings is 8. The van der Waals surface area contributed by atoms with Gasteiger partial charge in [0.25, 0.3) is 0 Å². The molecule has 66 heavy (non-hydrogen) atoms. The van der Waals surface area contributed by atoms with Crippen LogP contribution in [0.25, 0.3) is 61.9 Å². The van der Waals surface area contributed by atoms with Gasteiger partial charge in [-0.05, 0) is 69.5 Å². The van der Waals surface area contributed by atoms with Crippen LogP contribution in [0.5, 0.6) is 0 Å². The molecule has 8 aromatic carbocycles. The molecule has 0 saturated heterocycles. The van der Waals surface area contributed by atoms with E-state index in [1.54, 1.807) is 0 Å². The maximum absolute atomic E-state index is 5.25. The second-order valence-electron chi connectivity index (χ2n) is 17.6.